The van der Waals surface area contributed by atoms with E-state index < -0.39 is 0 Å². The smallest absolute Gasteiger partial charge is 0.173 e. The van der Waals surface area contributed by atoms with E-state index in [0.29, 0.717) is 12.2 Å². The molecule has 1 heterocycles. The van der Waals surface area contributed by atoms with Crippen molar-refractivity contribution in [3.8, 4) is 5.75 Å². The van der Waals surface area contributed by atoms with Gasteiger partial charge in [0.25, 0.3) is 0 Å². The van der Waals surface area contributed by atoms with E-state index in [2.05, 4.69) is 4.98 Å². The van der Waals surface area contributed by atoms with Crippen LogP contribution in [0, 0.1) is 0 Å². The Balaban J connectivity index is 2.00. The van der Waals surface area contributed by atoms with Crippen LogP contribution >= 0.6 is 0 Å². The molecule has 0 spiro atoms. The van der Waals surface area contributed by atoms with E-state index in [4.69, 9.17) is 4.74 Å². The van der Waals surface area contributed by atoms with Gasteiger partial charge in [-0.3, -0.25) is 9.78 Å². The van der Waals surface area contributed by atoms with E-state index >= 15 is 0 Å². The first-order valence-electron chi connectivity index (χ1n) is 4.95. The predicted molar refractivity (Wildman–Crippen MR) is 52.1 cm³/mol. The minimum Gasteiger partial charge on any atom is -0.481 e. The number of nitrogens with zero attached hydrogens (tertiary/aromatic N) is 1. The van der Waals surface area contributed by atoms with Crippen LogP contribution in [0.3, 0.4) is 0 Å². The Morgan fingerprint density at radius 1 is 1.43 bits per heavy atom. The van der Waals surface area contributed by atoms with Crippen molar-refractivity contribution in [1.29, 1.82) is 0 Å². The maximum absolute atomic E-state index is 11.5. The zero-order chi connectivity index (χ0) is 9.80. The largest absolute Gasteiger partial charge is 0.481 e. The second kappa shape index (κ2) is 4.22. The summed E-state index contributed by atoms with van der Waals surface area (Å²) in [5, 5.41) is 0. The fourth-order valence-corrected chi connectivity index (χ4v) is 1.66. The van der Waals surface area contributed by atoms with Crippen LogP contribution in [0.5, 0.6) is 5.75 Å². The lowest BCUT2D eigenvalue weighted by atomic mass is 9.96. The molecule has 14 heavy (non-hydrogen) atoms. The number of rotatable bonds is 2. The highest BCUT2D eigenvalue weighted by molar-refractivity contribution is 5.84. The van der Waals surface area contributed by atoms with E-state index in [1.54, 1.807) is 12.4 Å². The molecule has 0 aliphatic heterocycles. The van der Waals surface area contributed by atoms with Gasteiger partial charge in [-0.15, -0.1) is 0 Å². The molecule has 1 aromatic heterocycles. The van der Waals surface area contributed by atoms with Crippen molar-refractivity contribution < 1.29 is 9.53 Å². The van der Waals surface area contributed by atoms with Gasteiger partial charge in [-0.05, 0) is 31.4 Å². The van der Waals surface area contributed by atoms with Crippen molar-refractivity contribution in [3.05, 3.63) is 24.5 Å². The fraction of sp³-hybridized carbons (Fsp3) is 0.455. The van der Waals surface area contributed by atoms with E-state index in [-0.39, 0.29) is 11.9 Å². The third-order valence-corrected chi connectivity index (χ3v) is 2.41. The van der Waals surface area contributed by atoms with E-state index in [0.717, 1.165) is 19.3 Å². The molecule has 1 unspecified atom stereocenters. The molecule has 1 aromatic rings. The number of hydrogen-bond acceptors (Lipinski definition) is 3. The molecule has 1 atom stereocenters. The van der Waals surface area contributed by atoms with E-state index in [1.165, 1.54) is 0 Å². The fourth-order valence-electron chi connectivity index (χ4n) is 1.66. The van der Waals surface area contributed by atoms with Gasteiger partial charge in [-0.1, -0.05) is 0 Å². The van der Waals surface area contributed by atoms with Crippen LogP contribution in [0.4, 0.5) is 0 Å². The maximum atomic E-state index is 11.5. The number of pyridine rings is 1. The van der Waals surface area contributed by atoms with Crippen LogP contribution in [0.2, 0.25) is 0 Å². The van der Waals surface area contributed by atoms with Gasteiger partial charge in [-0.25, -0.2) is 0 Å². The Hall–Kier alpha value is -1.38. The van der Waals surface area contributed by atoms with Crippen molar-refractivity contribution >= 4 is 5.78 Å². The number of carbonyl (C=O) groups excluding carboxylic acids is 1. The summed E-state index contributed by atoms with van der Waals surface area (Å²) >= 11 is 0. The summed E-state index contributed by atoms with van der Waals surface area (Å²) in [4.78, 5) is 15.4. The summed E-state index contributed by atoms with van der Waals surface area (Å²) in [5.41, 5.74) is 0. The number of carbonyl (C=O) groups is 1. The van der Waals surface area contributed by atoms with Gasteiger partial charge in [0.1, 0.15) is 5.75 Å². The Morgan fingerprint density at radius 2 is 2.36 bits per heavy atom. The molecule has 0 N–H and O–H groups in total. The molecule has 0 aromatic carbocycles. The molecule has 3 heteroatoms. The topological polar surface area (TPSA) is 39.2 Å². The van der Waals surface area contributed by atoms with Gasteiger partial charge in [-0.2, -0.15) is 0 Å². The monoisotopic (exact) mass is 191 g/mol. The zero-order valence-electron chi connectivity index (χ0n) is 7.98. The maximum Gasteiger partial charge on any atom is 0.173 e. The third kappa shape index (κ3) is 2.10. The Morgan fingerprint density at radius 3 is 3.07 bits per heavy atom. The van der Waals surface area contributed by atoms with E-state index in [9.17, 15) is 4.79 Å². The van der Waals surface area contributed by atoms with Crippen molar-refractivity contribution in [2.75, 3.05) is 0 Å². The quantitative estimate of drug-likeness (QED) is 0.717. The summed E-state index contributed by atoms with van der Waals surface area (Å²) in [6.45, 7) is 0. The summed E-state index contributed by atoms with van der Waals surface area (Å²) in [6.07, 6.45) is 6.67. The molecular weight excluding hydrogens is 178 g/mol. The average molecular weight is 191 g/mol. The SMILES string of the molecule is O=C1CCCCC1Oc1cccnc1. The molecule has 1 fully saturated rings. The van der Waals surface area contributed by atoms with Gasteiger partial charge in [0, 0.05) is 12.6 Å². The minimum atomic E-state index is -0.243. The molecule has 74 valence electrons. The zero-order valence-corrected chi connectivity index (χ0v) is 7.98. The lowest BCUT2D eigenvalue weighted by Gasteiger charge is -2.21. The molecule has 2 rings (SSSR count). The summed E-state index contributed by atoms with van der Waals surface area (Å²) < 4.78 is 5.56. The van der Waals surface area contributed by atoms with Crippen molar-refractivity contribution in [3.63, 3.8) is 0 Å². The van der Waals surface area contributed by atoms with Crippen LogP contribution in [0.1, 0.15) is 25.7 Å². The lowest BCUT2D eigenvalue weighted by Crippen LogP contribution is -2.30. The first kappa shape index (κ1) is 9.19. The minimum absolute atomic E-state index is 0.222. The average Bonchev–Trinajstić information content (AvgIpc) is 2.23. The first-order valence-corrected chi connectivity index (χ1v) is 4.95. The second-order valence-corrected chi connectivity index (χ2v) is 3.51. The highest BCUT2D eigenvalue weighted by atomic mass is 16.5. The standard InChI is InChI=1S/C11H13NO2/c13-10-5-1-2-6-11(10)14-9-4-3-7-12-8-9/h3-4,7-8,11H,1-2,5-6H2. The predicted octanol–water partition coefficient (Wildman–Crippen LogP) is 1.97. The van der Waals surface area contributed by atoms with Gasteiger partial charge in [0.2, 0.25) is 0 Å². The second-order valence-electron chi connectivity index (χ2n) is 3.51. The van der Waals surface area contributed by atoms with Crippen LogP contribution < -0.4 is 4.74 Å². The molecule has 0 radical (unpaired) electrons. The van der Waals surface area contributed by atoms with Gasteiger partial charge >= 0.3 is 0 Å². The van der Waals surface area contributed by atoms with Crippen LogP contribution in [0.15, 0.2) is 24.5 Å². The number of hydrogen-bond donors (Lipinski definition) is 0. The summed E-state index contributed by atoms with van der Waals surface area (Å²) in [7, 11) is 0. The third-order valence-electron chi connectivity index (χ3n) is 2.41. The van der Waals surface area contributed by atoms with Gasteiger partial charge in [0.05, 0.1) is 6.20 Å². The lowest BCUT2D eigenvalue weighted by molar-refractivity contribution is -0.127. The van der Waals surface area contributed by atoms with Crippen molar-refractivity contribution in [2.24, 2.45) is 0 Å². The number of ether oxygens (including phenoxy) is 1. The van der Waals surface area contributed by atoms with Crippen molar-refractivity contribution in [1.82, 2.24) is 4.98 Å². The molecule has 0 saturated heterocycles. The Kier molecular flexibility index (Phi) is 2.77. The van der Waals surface area contributed by atoms with E-state index in [1.807, 2.05) is 12.1 Å². The van der Waals surface area contributed by atoms with Gasteiger partial charge in [0.15, 0.2) is 11.9 Å². The molecular formula is C11H13NO2. The van der Waals surface area contributed by atoms with Crippen LogP contribution in [0.25, 0.3) is 0 Å². The van der Waals surface area contributed by atoms with Crippen molar-refractivity contribution in [2.45, 2.75) is 31.8 Å². The Labute approximate surface area is 83.1 Å². The Bertz CT molecular complexity index is 310. The molecule has 1 aliphatic rings. The van der Waals surface area contributed by atoms with Gasteiger partial charge < -0.3 is 4.74 Å². The number of aromatic nitrogens is 1. The summed E-state index contributed by atoms with van der Waals surface area (Å²) in [5.74, 6) is 0.910. The molecule has 0 amide bonds. The molecule has 1 saturated carbocycles. The molecule has 3 nitrogen and oxygen atoms in total. The molecule has 0 bridgehead atoms. The molecule has 1 aliphatic carbocycles. The van der Waals surface area contributed by atoms with Crippen LogP contribution in [-0.2, 0) is 4.79 Å². The summed E-state index contributed by atoms with van der Waals surface area (Å²) in [6, 6.07) is 3.64. The first-order chi connectivity index (χ1) is 6.86. The number of ketones is 1. The highest BCUT2D eigenvalue weighted by Gasteiger charge is 2.23. The van der Waals surface area contributed by atoms with Crippen LogP contribution in [-0.4, -0.2) is 16.9 Å². The highest BCUT2D eigenvalue weighted by Crippen LogP contribution is 2.20. The normalized spacial score (nSPS) is 22.0. The number of Topliss-reactive ketones (excluding diaryl/α,β-unsaturated/α-hetero) is 1.